The predicted octanol–water partition coefficient (Wildman–Crippen LogP) is 0.598. The summed E-state index contributed by atoms with van der Waals surface area (Å²) in [7, 11) is 0. The van der Waals surface area contributed by atoms with Crippen LogP contribution in [0.15, 0.2) is 41.0 Å². The van der Waals surface area contributed by atoms with Gasteiger partial charge >= 0.3 is 0 Å². The number of nitrogens with zero attached hydrogens (tertiary/aromatic N) is 1. The zero-order chi connectivity index (χ0) is 14.3. The average Bonchev–Trinajstić information content (AvgIpc) is 2.82. The molecule has 0 bridgehead atoms. The third-order valence-corrected chi connectivity index (χ3v) is 3.77. The van der Waals surface area contributed by atoms with Gasteiger partial charge in [0, 0.05) is 5.92 Å². The van der Waals surface area contributed by atoms with E-state index in [1.165, 1.54) is 6.07 Å². The zero-order valence-corrected chi connectivity index (χ0v) is 10.9. The van der Waals surface area contributed by atoms with Crippen LogP contribution in [0, 0.1) is 5.82 Å². The van der Waals surface area contributed by atoms with Crippen LogP contribution in [0.4, 0.5) is 4.39 Å². The van der Waals surface area contributed by atoms with Crippen molar-refractivity contribution < 1.29 is 9.18 Å². The van der Waals surface area contributed by atoms with E-state index in [0.717, 1.165) is 5.57 Å². The molecule has 0 saturated heterocycles. The lowest BCUT2D eigenvalue weighted by atomic mass is 9.87. The van der Waals surface area contributed by atoms with Crippen LogP contribution in [-0.4, -0.2) is 24.0 Å². The first-order valence-corrected chi connectivity index (χ1v) is 6.42. The number of hydrogen-bond donors (Lipinski definition) is 3. The molecule has 5 nitrogen and oxygen atoms in total. The lowest BCUT2D eigenvalue weighted by Crippen LogP contribution is -2.55. The number of fused-ring (bicyclic) bond motifs is 1. The van der Waals surface area contributed by atoms with Crippen molar-refractivity contribution in [2.24, 2.45) is 10.7 Å². The highest BCUT2D eigenvalue weighted by Gasteiger charge is 2.40. The molecule has 1 aromatic carbocycles. The number of aliphatic imine (C=N–C) groups is 1. The maximum atomic E-state index is 13.9. The van der Waals surface area contributed by atoms with Crippen LogP contribution in [0.1, 0.15) is 18.4 Å². The van der Waals surface area contributed by atoms with Crippen LogP contribution in [-0.2, 0) is 4.79 Å². The van der Waals surface area contributed by atoms with E-state index in [1.807, 2.05) is 6.92 Å². The van der Waals surface area contributed by atoms with Crippen molar-refractivity contribution in [3.63, 3.8) is 0 Å². The highest BCUT2D eigenvalue weighted by Crippen LogP contribution is 2.33. The molecule has 2 aliphatic rings. The van der Waals surface area contributed by atoms with Gasteiger partial charge in [0.15, 0.2) is 5.96 Å². The second-order valence-electron chi connectivity index (χ2n) is 4.98. The molecule has 4 N–H and O–H groups in total. The molecule has 1 aromatic rings. The smallest absolute Gasteiger partial charge is 0.251 e. The highest BCUT2D eigenvalue weighted by molar-refractivity contribution is 6.02. The molecule has 0 fully saturated rings. The third-order valence-electron chi connectivity index (χ3n) is 3.77. The van der Waals surface area contributed by atoms with Gasteiger partial charge in [-0.2, -0.15) is 0 Å². The van der Waals surface area contributed by atoms with E-state index in [2.05, 4.69) is 15.6 Å². The van der Waals surface area contributed by atoms with Gasteiger partial charge in [0.05, 0.1) is 0 Å². The van der Waals surface area contributed by atoms with Gasteiger partial charge in [0.2, 0.25) is 0 Å². The Labute approximate surface area is 115 Å². The van der Waals surface area contributed by atoms with E-state index in [0.29, 0.717) is 5.56 Å². The quantitative estimate of drug-likeness (QED) is 0.739. The molecule has 20 heavy (non-hydrogen) atoms. The molecule has 2 heterocycles. The van der Waals surface area contributed by atoms with Gasteiger partial charge in [-0.05, 0) is 23.4 Å². The van der Waals surface area contributed by atoms with E-state index >= 15 is 0 Å². The van der Waals surface area contributed by atoms with Crippen LogP contribution < -0.4 is 16.4 Å². The Hall–Kier alpha value is -2.37. The maximum absolute atomic E-state index is 13.9. The molecular weight excluding hydrogens is 259 g/mol. The van der Waals surface area contributed by atoms with Crippen LogP contribution in [0.2, 0.25) is 0 Å². The van der Waals surface area contributed by atoms with Gasteiger partial charge in [-0.3, -0.25) is 10.1 Å². The molecule has 0 aromatic heterocycles. The van der Waals surface area contributed by atoms with E-state index in [-0.39, 0.29) is 29.6 Å². The SMILES string of the molecule is C[C@H](C1=CNC2C(=O)NC(N)=NC12)c1ccccc1F. The standard InChI is InChI=1S/C14H15FN4O/c1-7(8-4-2-3-5-10(8)15)9-6-17-12-11(9)18-14(16)19-13(12)20/h2-7,11-12,17H,1H3,(H3,16,18,19,20)/t7-,11?,12?/m0/s1. The molecule has 3 rings (SSSR count). The minimum atomic E-state index is -0.466. The number of amides is 1. The first-order chi connectivity index (χ1) is 9.58. The summed E-state index contributed by atoms with van der Waals surface area (Å²) in [4.78, 5) is 16.1. The molecule has 2 aliphatic heterocycles. The Balaban J connectivity index is 1.94. The fourth-order valence-electron chi connectivity index (χ4n) is 2.70. The summed E-state index contributed by atoms with van der Waals surface area (Å²) in [5, 5.41) is 5.47. The molecule has 104 valence electrons. The fraction of sp³-hybridized carbons (Fsp3) is 0.286. The van der Waals surface area contributed by atoms with Gasteiger partial charge in [-0.15, -0.1) is 0 Å². The molecule has 6 heteroatoms. The maximum Gasteiger partial charge on any atom is 0.251 e. The van der Waals surface area contributed by atoms with E-state index in [1.54, 1.807) is 24.4 Å². The first kappa shape index (κ1) is 12.7. The Morgan fingerprint density at radius 1 is 1.40 bits per heavy atom. The number of nitrogens with two attached hydrogens (primary N) is 1. The lowest BCUT2D eigenvalue weighted by molar-refractivity contribution is -0.121. The second kappa shape index (κ2) is 4.63. The molecule has 3 atom stereocenters. The van der Waals surface area contributed by atoms with Crippen molar-refractivity contribution in [1.82, 2.24) is 10.6 Å². The summed E-state index contributed by atoms with van der Waals surface area (Å²) in [6, 6.07) is 5.77. The highest BCUT2D eigenvalue weighted by atomic mass is 19.1. The van der Waals surface area contributed by atoms with Gasteiger partial charge in [0.1, 0.15) is 17.9 Å². The molecule has 0 radical (unpaired) electrons. The van der Waals surface area contributed by atoms with Gasteiger partial charge < -0.3 is 11.1 Å². The molecule has 1 amide bonds. The summed E-state index contributed by atoms with van der Waals surface area (Å²) in [5.41, 5.74) is 7.04. The Bertz CT molecular complexity index is 625. The minimum absolute atomic E-state index is 0.103. The molecular formula is C14H15FN4O. The van der Waals surface area contributed by atoms with E-state index < -0.39 is 6.04 Å². The van der Waals surface area contributed by atoms with Gasteiger partial charge in [-0.1, -0.05) is 25.1 Å². The van der Waals surface area contributed by atoms with Crippen LogP contribution in [0.3, 0.4) is 0 Å². The van der Waals surface area contributed by atoms with Crippen LogP contribution in [0.5, 0.6) is 0 Å². The third kappa shape index (κ3) is 1.93. The predicted molar refractivity (Wildman–Crippen MR) is 73.4 cm³/mol. The summed E-state index contributed by atoms with van der Waals surface area (Å²) in [5.74, 6) is -0.552. The number of nitrogens with one attached hydrogen (secondary N) is 2. The van der Waals surface area contributed by atoms with E-state index in [4.69, 9.17) is 5.73 Å². The van der Waals surface area contributed by atoms with Crippen molar-refractivity contribution in [3.8, 4) is 0 Å². The van der Waals surface area contributed by atoms with Crippen molar-refractivity contribution in [2.45, 2.75) is 24.9 Å². The van der Waals surface area contributed by atoms with Crippen molar-refractivity contribution >= 4 is 11.9 Å². The molecule has 0 aliphatic carbocycles. The normalized spacial score (nSPS) is 26.0. The van der Waals surface area contributed by atoms with Crippen molar-refractivity contribution in [1.29, 1.82) is 0 Å². The Morgan fingerprint density at radius 3 is 2.90 bits per heavy atom. The number of halogens is 1. The zero-order valence-electron chi connectivity index (χ0n) is 10.9. The number of rotatable bonds is 2. The number of hydrogen-bond acceptors (Lipinski definition) is 4. The number of benzene rings is 1. The van der Waals surface area contributed by atoms with Gasteiger partial charge in [0.25, 0.3) is 5.91 Å². The summed E-state index contributed by atoms with van der Waals surface area (Å²) < 4.78 is 13.9. The Kier molecular flexibility index (Phi) is 2.93. The summed E-state index contributed by atoms with van der Waals surface area (Å²) >= 11 is 0. The molecule has 0 saturated carbocycles. The Morgan fingerprint density at radius 2 is 2.15 bits per heavy atom. The van der Waals surface area contributed by atoms with Crippen molar-refractivity contribution in [3.05, 3.63) is 47.4 Å². The number of carbonyl (C=O) groups is 1. The lowest BCUT2D eigenvalue weighted by Gasteiger charge is -2.26. The fourth-order valence-corrected chi connectivity index (χ4v) is 2.70. The van der Waals surface area contributed by atoms with Crippen molar-refractivity contribution in [2.75, 3.05) is 0 Å². The number of guanidine groups is 1. The van der Waals surface area contributed by atoms with Crippen LogP contribution in [0.25, 0.3) is 0 Å². The first-order valence-electron chi connectivity index (χ1n) is 6.42. The number of carbonyl (C=O) groups excluding carboxylic acids is 1. The largest absolute Gasteiger partial charge is 0.378 e. The monoisotopic (exact) mass is 274 g/mol. The van der Waals surface area contributed by atoms with Crippen LogP contribution >= 0.6 is 0 Å². The topological polar surface area (TPSA) is 79.5 Å². The van der Waals surface area contributed by atoms with E-state index in [9.17, 15) is 9.18 Å². The summed E-state index contributed by atoms with van der Waals surface area (Å²) in [6.45, 7) is 1.90. The molecule has 0 spiro atoms. The van der Waals surface area contributed by atoms with Gasteiger partial charge in [-0.25, -0.2) is 9.38 Å². The second-order valence-corrected chi connectivity index (χ2v) is 4.98. The summed E-state index contributed by atoms with van der Waals surface area (Å²) in [6.07, 6.45) is 1.74. The molecule has 2 unspecified atom stereocenters. The minimum Gasteiger partial charge on any atom is -0.378 e. The average molecular weight is 274 g/mol.